The second kappa shape index (κ2) is 14.4. The number of esters is 1. The van der Waals surface area contributed by atoms with Crippen LogP contribution >= 0.6 is 0 Å². The van der Waals surface area contributed by atoms with Gasteiger partial charge in [-0.1, -0.05) is 0 Å². The highest BCUT2D eigenvalue weighted by atomic mass is 16.5. The lowest BCUT2D eigenvalue weighted by atomic mass is 9.75. The molecule has 2 aromatic heterocycles. The maximum absolute atomic E-state index is 12.6. The number of fused-ring (bicyclic) bond motifs is 2. The molecule has 45 heavy (non-hydrogen) atoms. The standard InChI is InChI=1S/C17H25N3O4.C15H23N3O3/c1-3-20-15-13(14(19-20)4-7-24-12(2)21)10-17(11-18-16(15)22)5-8-23-9-6-17;1-2-18-13-11(12(17-18)3-6-19)9-15(10-16-14(13)20)4-7-21-8-5-15/h3-11H2,1-2H3,(H,18,22);19H,2-10H2,1H3,(H,16,20). The SMILES string of the molecule is CCn1nc(CCO)c2c1C(=O)NCC1(CCOCC1)C2.CCn1nc(CCOC(C)=O)c2c1C(=O)NCC1(CCOCC1)C2. The number of ether oxygens (including phenoxy) is 3. The molecule has 0 saturated carbocycles. The maximum Gasteiger partial charge on any atom is 0.302 e. The number of aromatic nitrogens is 4. The van der Waals surface area contributed by atoms with Crippen molar-refractivity contribution in [1.82, 2.24) is 30.2 Å². The minimum absolute atomic E-state index is 0.0353. The van der Waals surface area contributed by atoms with E-state index in [4.69, 9.17) is 14.2 Å². The van der Waals surface area contributed by atoms with Gasteiger partial charge < -0.3 is 30.0 Å². The molecule has 3 N–H and O–H groups in total. The minimum atomic E-state index is -0.297. The van der Waals surface area contributed by atoms with Gasteiger partial charge in [-0.3, -0.25) is 23.7 Å². The molecule has 0 unspecified atom stereocenters. The van der Waals surface area contributed by atoms with Crippen LogP contribution in [0.15, 0.2) is 0 Å². The van der Waals surface area contributed by atoms with Crippen LogP contribution in [-0.4, -0.2) is 95.2 Å². The van der Waals surface area contributed by atoms with E-state index in [0.717, 1.165) is 87.5 Å². The van der Waals surface area contributed by atoms with Gasteiger partial charge in [0.2, 0.25) is 0 Å². The van der Waals surface area contributed by atoms with Gasteiger partial charge in [0.15, 0.2) is 0 Å². The summed E-state index contributed by atoms with van der Waals surface area (Å²) in [7, 11) is 0. The molecule has 0 radical (unpaired) electrons. The Kier molecular flexibility index (Phi) is 10.6. The second-order valence-electron chi connectivity index (χ2n) is 12.7. The molecular weight excluding hydrogens is 580 g/mol. The molecule has 2 fully saturated rings. The highest BCUT2D eigenvalue weighted by Crippen LogP contribution is 2.39. The zero-order valence-corrected chi connectivity index (χ0v) is 26.9. The number of rotatable bonds is 7. The number of carbonyl (C=O) groups excluding carboxylic acids is 3. The zero-order valence-electron chi connectivity index (χ0n) is 26.9. The molecule has 13 nitrogen and oxygen atoms in total. The Labute approximate surface area is 264 Å². The second-order valence-corrected chi connectivity index (χ2v) is 12.7. The predicted octanol–water partition coefficient (Wildman–Crippen LogP) is 1.61. The van der Waals surface area contributed by atoms with Gasteiger partial charge in [0.25, 0.3) is 11.8 Å². The number of aliphatic hydroxyl groups excluding tert-OH is 1. The molecule has 0 aliphatic carbocycles. The summed E-state index contributed by atoms with van der Waals surface area (Å²) in [6.07, 6.45) is 6.51. The fourth-order valence-electron chi connectivity index (χ4n) is 7.13. The first-order valence-electron chi connectivity index (χ1n) is 16.4. The molecule has 2 aromatic rings. The van der Waals surface area contributed by atoms with Crippen LogP contribution in [0.3, 0.4) is 0 Å². The third kappa shape index (κ3) is 7.25. The summed E-state index contributed by atoms with van der Waals surface area (Å²) in [6, 6.07) is 0. The van der Waals surface area contributed by atoms with Crippen molar-refractivity contribution in [2.24, 2.45) is 10.8 Å². The average Bonchev–Trinajstić information content (AvgIpc) is 3.47. The average molecular weight is 629 g/mol. The van der Waals surface area contributed by atoms with Crippen molar-refractivity contribution in [3.8, 4) is 0 Å². The largest absolute Gasteiger partial charge is 0.465 e. The van der Waals surface area contributed by atoms with E-state index in [0.29, 0.717) is 57.0 Å². The van der Waals surface area contributed by atoms with Crippen molar-refractivity contribution < 1.29 is 33.7 Å². The third-order valence-corrected chi connectivity index (χ3v) is 9.75. The van der Waals surface area contributed by atoms with E-state index in [2.05, 4.69) is 20.8 Å². The van der Waals surface area contributed by atoms with E-state index >= 15 is 0 Å². The van der Waals surface area contributed by atoms with Crippen molar-refractivity contribution in [3.63, 3.8) is 0 Å². The molecule has 6 heterocycles. The molecule has 4 aliphatic rings. The van der Waals surface area contributed by atoms with Crippen LogP contribution in [0.1, 0.15) is 89.9 Å². The summed E-state index contributed by atoms with van der Waals surface area (Å²) in [4.78, 5) is 36.1. The Hall–Kier alpha value is -3.29. The number of carbonyl (C=O) groups is 3. The number of aryl methyl sites for hydroxylation is 2. The first kappa shape index (κ1) is 33.1. The van der Waals surface area contributed by atoms with Crippen molar-refractivity contribution in [2.45, 2.75) is 85.2 Å². The maximum atomic E-state index is 12.6. The number of hydrogen-bond acceptors (Lipinski definition) is 9. The van der Waals surface area contributed by atoms with E-state index in [9.17, 15) is 19.5 Å². The lowest BCUT2D eigenvalue weighted by Crippen LogP contribution is -2.40. The molecule has 2 saturated heterocycles. The summed E-state index contributed by atoms with van der Waals surface area (Å²) in [5.41, 5.74) is 5.25. The number of aliphatic hydroxyl groups is 1. The highest BCUT2D eigenvalue weighted by Gasteiger charge is 2.41. The van der Waals surface area contributed by atoms with Crippen LogP contribution in [0, 0.1) is 10.8 Å². The summed E-state index contributed by atoms with van der Waals surface area (Å²) in [5, 5.41) is 24.6. The molecule has 0 aromatic carbocycles. The van der Waals surface area contributed by atoms with E-state index in [1.54, 1.807) is 9.36 Å². The first-order valence-corrected chi connectivity index (χ1v) is 16.4. The van der Waals surface area contributed by atoms with E-state index in [1.807, 2.05) is 13.8 Å². The molecular formula is C32H48N6O7. The number of nitrogens with one attached hydrogen (secondary N) is 2. The van der Waals surface area contributed by atoms with Crippen LogP contribution in [0.5, 0.6) is 0 Å². The predicted molar refractivity (Wildman–Crippen MR) is 164 cm³/mol. The van der Waals surface area contributed by atoms with Crippen LogP contribution in [-0.2, 0) is 57.8 Å². The fraction of sp³-hybridized carbons (Fsp3) is 0.719. The van der Waals surface area contributed by atoms with Gasteiger partial charge in [0.05, 0.1) is 18.0 Å². The molecule has 2 amide bonds. The topological polar surface area (TPSA) is 159 Å². The Morgan fingerprint density at radius 2 is 1.27 bits per heavy atom. The van der Waals surface area contributed by atoms with Gasteiger partial charge >= 0.3 is 5.97 Å². The quantitative estimate of drug-likeness (QED) is 0.388. The fourth-order valence-corrected chi connectivity index (χ4v) is 7.13. The van der Waals surface area contributed by atoms with Crippen molar-refractivity contribution >= 4 is 17.8 Å². The van der Waals surface area contributed by atoms with Crippen molar-refractivity contribution in [3.05, 3.63) is 33.9 Å². The van der Waals surface area contributed by atoms with Crippen molar-refractivity contribution in [2.75, 3.05) is 52.7 Å². The van der Waals surface area contributed by atoms with Gasteiger partial charge in [-0.15, -0.1) is 0 Å². The van der Waals surface area contributed by atoms with Gasteiger partial charge in [0.1, 0.15) is 11.4 Å². The third-order valence-electron chi connectivity index (χ3n) is 9.75. The van der Waals surface area contributed by atoms with Crippen LogP contribution in [0.2, 0.25) is 0 Å². The molecule has 4 aliphatic heterocycles. The smallest absolute Gasteiger partial charge is 0.302 e. The molecule has 248 valence electrons. The summed E-state index contributed by atoms with van der Waals surface area (Å²) in [5.74, 6) is -0.386. The molecule has 6 rings (SSSR count). The van der Waals surface area contributed by atoms with Crippen molar-refractivity contribution in [1.29, 1.82) is 0 Å². The van der Waals surface area contributed by atoms with Crippen LogP contribution < -0.4 is 10.6 Å². The number of amides is 2. The minimum Gasteiger partial charge on any atom is -0.465 e. The van der Waals surface area contributed by atoms with E-state index in [-0.39, 0.29) is 35.2 Å². The molecule has 13 heteroatoms. The number of hydrogen-bond donors (Lipinski definition) is 3. The van der Waals surface area contributed by atoms with Gasteiger partial charge in [-0.25, -0.2) is 0 Å². The lowest BCUT2D eigenvalue weighted by Gasteiger charge is -2.36. The van der Waals surface area contributed by atoms with Gasteiger partial charge in [-0.05, 0) is 63.2 Å². The van der Waals surface area contributed by atoms with Crippen LogP contribution in [0.4, 0.5) is 0 Å². The normalized spacial score (nSPS) is 20.2. The van der Waals surface area contributed by atoms with E-state index in [1.165, 1.54) is 6.92 Å². The highest BCUT2D eigenvalue weighted by molar-refractivity contribution is 5.95. The monoisotopic (exact) mass is 628 g/mol. The molecule has 0 bridgehead atoms. The van der Waals surface area contributed by atoms with E-state index < -0.39 is 0 Å². The van der Waals surface area contributed by atoms with Crippen LogP contribution in [0.25, 0.3) is 0 Å². The zero-order chi connectivity index (χ0) is 32.0. The Bertz CT molecular complexity index is 1370. The molecule has 2 spiro atoms. The summed E-state index contributed by atoms with van der Waals surface area (Å²) >= 11 is 0. The Morgan fingerprint density at radius 3 is 1.67 bits per heavy atom. The van der Waals surface area contributed by atoms with Gasteiger partial charge in [-0.2, -0.15) is 10.2 Å². The number of nitrogens with zero attached hydrogens (tertiary/aromatic N) is 4. The summed E-state index contributed by atoms with van der Waals surface area (Å²) in [6.45, 7) is 11.4. The lowest BCUT2D eigenvalue weighted by molar-refractivity contribution is -0.140. The first-order chi connectivity index (χ1) is 21.7. The molecule has 0 atom stereocenters. The summed E-state index contributed by atoms with van der Waals surface area (Å²) < 4.78 is 19.6. The Morgan fingerprint density at radius 1 is 0.822 bits per heavy atom. The Balaban J connectivity index is 0.000000179. The van der Waals surface area contributed by atoms with Gasteiger partial charge in [0, 0.05) is 90.1 Å².